The van der Waals surface area contributed by atoms with Crippen LogP contribution in [0.25, 0.3) is 11.8 Å². The third-order valence-electron chi connectivity index (χ3n) is 5.40. The highest BCUT2D eigenvalue weighted by atomic mass is 35.5. The second-order valence-electron chi connectivity index (χ2n) is 7.80. The van der Waals surface area contributed by atoms with Crippen LogP contribution < -0.4 is 5.32 Å². The number of benzene rings is 2. The molecule has 4 rings (SSSR count). The van der Waals surface area contributed by atoms with Crippen molar-refractivity contribution in [1.29, 1.82) is 0 Å². The van der Waals surface area contributed by atoms with Crippen molar-refractivity contribution in [2.24, 2.45) is 0 Å². The lowest BCUT2D eigenvalue weighted by Crippen LogP contribution is -2.36. The first-order chi connectivity index (χ1) is 17.0. The normalized spacial score (nSPS) is 14.8. The summed E-state index contributed by atoms with van der Waals surface area (Å²) < 4.78 is 42.2. The number of thioether (sulfide) groups is 1. The lowest BCUT2D eigenvalue weighted by Gasteiger charge is -2.13. The molecule has 1 aliphatic heterocycles. The number of halogens is 5. The van der Waals surface area contributed by atoms with Crippen LogP contribution in [0.4, 0.5) is 23.7 Å². The molecule has 6 nitrogen and oxygen atoms in total. The van der Waals surface area contributed by atoms with E-state index < -0.39 is 46.7 Å². The molecule has 1 N–H and O–H groups in total. The Hall–Kier alpha value is -3.21. The third-order valence-corrected chi connectivity index (χ3v) is 7.05. The number of carbonyl (C=O) groups excluding carboxylic acids is 3. The zero-order valence-corrected chi connectivity index (χ0v) is 21.0. The lowest BCUT2D eigenvalue weighted by atomic mass is 10.2. The molecule has 12 heteroatoms. The van der Waals surface area contributed by atoms with Crippen molar-refractivity contribution in [3.05, 3.63) is 85.8 Å². The molecule has 0 saturated carbocycles. The topological polar surface area (TPSA) is 71.4 Å². The van der Waals surface area contributed by atoms with Gasteiger partial charge in [-0.05, 0) is 73.6 Å². The van der Waals surface area contributed by atoms with Gasteiger partial charge in [-0.2, -0.15) is 0 Å². The van der Waals surface area contributed by atoms with E-state index in [9.17, 15) is 27.6 Å². The van der Waals surface area contributed by atoms with Crippen molar-refractivity contribution in [3.8, 4) is 5.69 Å². The molecule has 0 aliphatic carbocycles. The summed E-state index contributed by atoms with van der Waals surface area (Å²) >= 11 is 12.8. The van der Waals surface area contributed by atoms with Crippen LogP contribution >= 0.6 is 35.0 Å². The maximum Gasteiger partial charge on any atom is 0.294 e. The van der Waals surface area contributed by atoms with Crippen LogP contribution in [0, 0.1) is 31.3 Å². The zero-order valence-electron chi connectivity index (χ0n) is 18.7. The lowest BCUT2D eigenvalue weighted by molar-refractivity contribution is -0.127. The summed E-state index contributed by atoms with van der Waals surface area (Å²) in [6, 6.07) is 8.47. The first kappa shape index (κ1) is 25.9. The van der Waals surface area contributed by atoms with E-state index in [0.29, 0.717) is 38.3 Å². The summed E-state index contributed by atoms with van der Waals surface area (Å²) in [5.74, 6) is -6.43. The highest BCUT2D eigenvalue weighted by molar-refractivity contribution is 8.18. The van der Waals surface area contributed by atoms with Gasteiger partial charge in [0.1, 0.15) is 6.54 Å². The van der Waals surface area contributed by atoms with E-state index >= 15 is 0 Å². The van der Waals surface area contributed by atoms with Crippen LogP contribution in [0.3, 0.4) is 0 Å². The number of carbonyl (C=O) groups is 3. The Morgan fingerprint density at radius 1 is 1.03 bits per heavy atom. The van der Waals surface area contributed by atoms with Gasteiger partial charge in [0.15, 0.2) is 17.5 Å². The SMILES string of the molecule is Cc1cc(C=C2SC(=O)N(CC(=O)Nc3ccc(F)c(F)c3F)C2=O)c(C)n1-c1ccc(Cl)c(Cl)c1. The zero-order chi connectivity index (χ0) is 26.3. The molecular formula is C24H16Cl2F3N3O3S. The third kappa shape index (κ3) is 4.88. The molecule has 36 heavy (non-hydrogen) atoms. The Morgan fingerprint density at radius 2 is 1.75 bits per heavy atom. The number of amides is 3. The first-order valence-corrected chi connectivity index (χ1v) is 11.9. The fraction of sp³-hybridized carbons (Fsp3) is 0.125. The fourth-order valence-electron chi connectivity index (χ4n) is 3.69. The molecule has 0 spiro atoms. The average molecular weight is 554 g/mol. The summed E-state index contributed by atoms with van der Waals surface area (Å²) in [7, 11) is 0. The van der Waals surface area contributed by atoms with E-state index in [1.165, 1.54) is 6.08 Å². The van der Waals surface area contributed by atoms with Crippen molar-refractivity contribution in [2.75, 3.05) is 11.9 Å². The number of aryl methyl sites for hydroxylation is 1. The van der Waals surface area contributed by atoms with Crippen molar-refractivity contribution < 1.29 is 27.6 Å². The molecule has 1 saturated heterocycles. The maximum absolute atomic E-state index is 13.8. The minimum Gasteiger partial charge on any atom is -0.322 e. The highest BCUT2D eigenvalue weighted by Gasteiger charge is 2.36. The van der Waals surface area contributed by atoms with E-state index in [-0.39, 0.29) is 4.91 Å². The van der Waals surface area contributed by atoms with Gasteiger partial charge in [0.05, 0.1) is 20.6 Å². The van der Waals surface area contributed by atoms with Crippen LogP contribution in [0.5, 0.6) is 0 Å². The van der Waals surface area contributed by atoms with Crippen molar-refractivity contribution >= 4 is 63.8 Å². The van der Waals surface area contributed by atoms with Gasteiger partial charge < -0.3 is 9.88 Å². The molecule has 0 bridgehead atoms. The van der Waals surface area contributed by atoms with Crippen molar-refractivity contribution in [3.63, 3.8) is 0 Å². The minimum absolute atomic E-state index is 0.0844. The van der Waals surface area contributed by atoms with Gasteiger partial charge in [-0.1, -0.05) is 23.2 Å². The Balaban J connectivity index is 1.54. The number of nitrogens with zero attached hydrogens (tertiary/aromatic N) is 2. The summed E-state index contributed by atoms with van der Waals surface area (Å²) in [4.78, 5) is 38.3. The molecule has 2 aromatic carbocycles. The highest BCUT2D eigenvalue weighted by Crippen LogP contribution is 2.34. The van der Waals surface area contributed by atoms with Gasteiger partial charge in [0, 0.05) is 17.1 Å². The van der Waals surface area contributed by atoms with E-state index in [0.717, 1.165) is 23.1 Å². The molecule has 1 aromatic heterocycles. The van der Waals surface area contributed by atoms with Gasteiger partial charge in [-0.15, -0.1) is 0 Å². The Morgan fingerprint density at radius 3 is 2.44 bits per heavy atom. The predicted octanol–water partition coefficient (Wildman–Crippen LogP) is 6.49. The number of anilines is 1. The molecule has 0 atom stereocenters. The fourth-order valence-corrected chi connectivity index (χ4v) is 4.81. The Labute approximate surface area is 217 Å². The number of imide groups is 1. The van der Waals surface area contributed by atoms with Crippen LogP contribution in [0.15, 0.2) is 41.3 Å². The van der Waals surface area contributed by atoms with Gasteiger partial charge >= 0.3 is 0 Å². The molecule has 1 fully saturated rings. The second-order valence-corrected chi connectivity index (χ2v) is 9.61. The molecule has 0 unspecified atom stereocenters. The number of hydrogen-bond donors (Lipinski definition) is 1. The minimum atomic E-state index is -1.75. The van der Waals surface area contributed by atoms with Gasteiger partial charge in [-0.25, -0.2) is 13.2 Å². The van der Waals surface area contributed by atoms with Crippen molar-refractivity contribution in [2.45, 2.75) is 13.8 Å². The van der Waals surface area contributed by atoms with Crippen LogP contribution in [-0.2, 0) is 9.59 Å². The number of rotatable bonds is 5. The van der Waals surface area contributed by atoms with Gasteiger partial charge in [0.2, 0.25) is 5.91 Å². The summed E-state index contributed by atoms with van der Waals surface area (Å²) in [6.45, 7) is 2.96. The monoisotopic (exact) mass is 553 g/mol. The molecule has 186 valence electrons. The molecule has 0 radical (unpaired) electrons. The largest absolute Gasteiger partial charge is 0.322 e. The molecule has 3 aromatic rings. The van der Waals surface area contributed by atoms with E-state index in [4.69, 9.17) is 23.2 Å². The second kappa shape index (κ2) is 10.0. The quantitative estimate of drug-likeness (QED) is 0.289. The molecule has 3 amide bonds. The number of hydrogen-bond acceptors (Lipinski definition) is 4. The summed E-state index contributed by atoms with van der Waals surface area (Å²) in [5, 5.41) is 2.13. The maximum atomic E-state index is 13.8. The molecule has 1 aliphatic rings. The number of aromatic nitrogens is 1. The number of nitrogens with one attached hydrogen (secondary N) is 1. The van der Waals surface area contributed by atoms with E-state index in [1.807, 2.05) is 29.8 Å². The smallest absolute Gasteiger partial charge is 0.294 e. The van der Waals surface area contributed by atoms with Crippen LogP contribution in [0.1, 0.15) is 17.0 Å². The molecule has 2 heterocycles. The molecular weight excluding hydrogens is 538 g/mol. The average Bonchev–Trinajstić information content (AvgIpc) is 3.25. The predicted molar refractivity (Wildman–Crippen MR) is 133 cm³/mol. The summed E-state index contributed by atoms with van der Waals surface area (Å²) in [5.41, 5.74) is 2.41. The standard InChI is InChI=1S/C24H16Cl2F3N3O3S/c1-11-7-13(12(2)32(11)14-3-4-15(25)16(26)9-14)8-19-23(34)31(24(35)36-19)10-20(33)30-18-6-5-17(27)21(28)22(18)29/h3-9H,10H2,1-2H3,(H,30,33). The van der Waals surface area contributed by atoms with E-state index in [1.54, 1.807) is 18.2 Å². The Kier molecular flexibility index (Phi) is 7.21. The van der Waals surface area contributed by atoms with Gasteiger partial charge in [-0.3, -0.25) is 19.3 Å². The van der Waals surface area contributed by atoms with Crippen LogP contribution in [0.2, 0.25) is 10.0 Å². The van der Waals surface area contributed by atoms with E-state index in [2.05, 4.69) is 0 Å². The Bertz CT molecular complexity index is 1470. The van der Waals surface area contributed by atoms with Gasteiger partial charge in [0.25, 0.3) is 11.1 Å². The van der Waals surface area contributed by atoms with Crippen molar-refractivity contribution in [1.82, 2.24) is 9.47 Å². The summed E-state index contributed by atoms with van der Waals surface area (Å²) in [6.07, 6.45) is 1.54. The first-order valence-electron chi connectivity index (χ1n) is 10.3. The van der Waals surface area contributed by atoms with Crippen LogP contribution in [-0.4, -0.2) is 33.1 Å².